The van der Waals surface area contributed by atoms with Crippen LogP contribution in [0.25, 0.3) is 11.0 Å². The first-order chi connectivity index (χ1) is 9.54. The lowest BCUT2D eigenvalue weighted by molar-refractivity contribution is 0.601. The highest BCUT2D eigenvalue weighted by Gasteiger charge is 2.15. The number of aromatic nitrogens is 3. The molecule has 0 atom stereocenters. The van der Waals surface area contributed by atoms with E-state index in [1.165, 1.54) is 24.4 Å². The maximum atomic E-state index is 12.2. The molecule has 0 saturated heterocycles. The monoisotopic (exact) mass is 290 g/mol. The van der Waals surface area contributed by atoms with Gasteiger partial charge in [0, 0.05) is 6.20 Å². The van der Waals surface area contributed by atoms with E-state index in [2.05, 4.69) is 19.7 Å². The van der Waals surface area contributed by atoms with Crippen molar-refractivity contribution < 1.29 is 8.42 Å². The van der Waals surface area contributed by atoms with Gasteiger partial charge in [0.05, 0.1) is 27.8 Å². The Morgan fingerprint density at radius 1 is 1.10 bits per heavy atom. The van der Waals surface area contributed by atoms with Crippen molar-refractivity contribution in [3.05, 3.63) is 53.2 Å². The summed E-state index contributed by atoms with van der Waals surface area (Å²) < 4.78 is 26.8. The van der Waals surface area contributed by atoms with E-state index in [0.29, 0.717) is 16.7 Å². The van der Waals surface area contributed by atoms with Crippen molar-refractivity contribution in [1.82, 2.24) is 15.0 Å². The Kier molecular flexibility index (Phi) is 2.79. The number of hydrogen-bond acceptors (Lipinski definition) is 4. The number of pyridine rings is 1. The van der Waals surface area contributed by atoms with Gasteiger partial charge in [-0.25, -0.2) is 13.2 Å². The van der Waals surface area contributed by atoms with Crippen LogP contribution in [0.1, 0.15) is 0 Å². The van der Waals surface area contributed by atoms with Crippen LogP contribution in [0, 0.1) is 0 Å². The third-order valence-electron chi connectivity index (χ3n) is 2.71. The van der Waals surface area contributed by atoms with Gasteiger partial charge in [0.2, 0.25) is 0 Å². The van der Waals surface area contributed by atoms with Gasteiger partial charge in [-0.05, 0) is 30.3 Å². The second-order valence-corrected chi connectivity index (χ2v) is 5.82. The average molecular weight is 290 g/mol. The fourth-order valence-corrected chi connectivity index (χ4v) is 2.89. The minimum Gasteiger partial charge on any atom is -0.306 e. The van der Waals surface area contributed by atoms with Crippen molar-refractivity contribution in [3.8, 4) is 0 Å². The van der Waals surface area contributed by atoms with Gasteiger partial charge >= 0.3 is 5.69 Å². The first-order valence-electron chi connectivity index (χ1n) is 5.69. The highest BCUT2D eigenvalue weighted by atomic mass is 32.2. The minimum atomic E-state index is -3.72. The van der Waals surface area contributed by atoms with Crippen LogP contribution >= 0.6 is 0 Å². The van der Waals surface area contributed by atoms with E-state index < -0.39 is 10.0 Å². The maximum absolute atomic E-state index is 12.2. The molecule has 3 rings (SSSR count). The molecule has 20 heavy (non-hydrogen) atoms. The fourth-order valence-electron chi connectivity index (χ4n) is 1.82. The number of rotatable bonds is 3. The van der Waals surface area contributed by atoms with Gasteiger partial charge < -0.3 is 9.97 Å². The standard InChI is InChI=1S/C12H10N4O3S/c17-12-14-10-4-3-9(6-11(10)15-12)20(18,19)16-8-2-1-5-13-7-8/h1-7,16H,(H2,14,15,17). The normalized spacial score (nSPS) is 11.6. The topological polar surface area (TPSA) is 108 Å². The number of benzene rings is 1. The smallest absolute Gasteiger partial charge is 0.306 e. The number of anilines is 1. The van der Waals surface area contributed by atoms with Crippen LogP contribution in [0.5, 0.6) is 0 Å². The maximum Gasteiger partial charge on any atom is 0.323 e. The predicted molar refractivity (Wildman–Crippen MR) is 74.0 cm³/mol. The zero-order valence-corrected chi connectivity index (χ0v) is 10.9. The van der Waals surface area contributed by atoms with E-state index in [0.717, 1.165) is 0 Å². The number of imidazole rings is 1. The van der Waals surface area contributed by atoms with Gasteiger partial charge in [-0.1, -0.05) is 0 Å². The number of nitrogens with one attached hydrogen (secondary N) is 3. The van der Waals surface area contributed by atoms with Crippen molar-refractivity contribution in [2.75, 3.05) is 4.72 Å². The van der Waals surface area contributed by atoms with Crippen LogP contribution in [0.4, 0.5) is 5.69 Å². The SMILES string of the molecule is O=c1[nH]c2ccc(S(=O)(=O)Nc3cccnc3)cc2[nH]1. The van der Waals surface area contributed by atoms with Crippen molar-refractivity contribution in [2.24, 2.45) is 0 Å². The molecular weight excluding hydrogens is 280 g/mol. The quantitative estimate of drug-likeness (QED) is 0.670. The van der Waals surface area contributed by atoms with E-state index in [1.54, 1.807) is 18.3 Å². The summed E-state index contributed by atoms with van der Waals surface area (Å²) >= 11 is 0. The molecule has 0 spiro atoms. The van der Waals surface area contributed by atoms with Crippen LogP contribution in [0.3, 0.4) is 0 Å². The number of H-pyrrole nitrogens is 2. The molecule has 0 amide bonds. The first-order valence-corrected chi connectivity index (χ1v) is 7.18. The Morgan fingerprint density at radius 2 is 1.90 bits per heavy atom. The highest BCUT2D eigenvalue weighted by molar-refractivity contribution is 7.92. The second-order valence-electron chi connectivity index (χ2n) is 4.13. The number of aromatic amines is 2. The van der Waals surface area contributed by atoms with Gasteiger partial charge in [0.15, 0.2) is 0 Å². The fraction of sp³-hybridized carbons (Fsp3) is 0. The average Bonchev–Trinajstić information content (AvgIpc) is 2.78. The van der Waals surface area contributed by atoms with E-state index in [9.17, 15) is 13.2 Å². The van der Waals surface area contributed by atoms with E-state index >= 15 is 0 Å². The summed E-state index contributed by atoms with van der Waals surface area (Å²) in [5, 5.41) is 0. The molecule has 0 radical (unpaired) electrons. The molecular formula is C12H10N4O3S. The minimum absolute atomic E-state index is 0.0594. The van der Waals surface area contributed by atoms with Crippen molar-refractivity contribution in [2.45, 2.75) is 4.90 Å². The molecule has 2 aromatic heterocycles. The molecule has 0 aliphatic rings. The molecule has 0 unspecified atom stereocenters. The molecule has 0 aliphatic heterocycles. The van der Waals surface area contributed by atoms with Crippen molar-refractivity contribution in [3.63, 3.8) is 0 Å². The zero-order chi connectivity index (χ0) is 14.2. The second kappa shape index (κ2) is 4.49. The molecule has 0 fully saturated rings. The molecule has 1 aromatic carbocycles. The van der Waals surface area contributed by atoms with Crippen LogP contribution in [0.2, 0.25) is 0 Å². The third-order valence-corrected chi connectivity index (χ3v) is 4.09. The Hall–Kier alpha value is -2.61. The number of sulfonamides is 1. The number of nitrogens with zero attached hydrogens (tertiary/aromatic N) is 1. The Labute approximate surface area is 113 Å². The van der Waals surface area contributed by atoms with E-state index in [-0.39, 0.29) is 10.6 Å². The summed E-state index contributed by atoms with van der Waals surface area (Å²) in [5.41, 5.74) is 0.976. The largest absolute Gasteiger partial charge is 0.323 e. The summed E-state index contributed by atoms with van der Waals surface area (Å²) in [6, 6.07) is 7.58. The number of fused-ring (bicyclic) bond motifs is 1. The van der Waals surface area contributed by atoms with E-state index in [4.69, 9.17) is 0 Å². The molecule has 0 saturated carbocycles. The van der Waals surface area contributed by atoms with Gasteiger partial charge in [-0.15, -0.1) is 0 Å². The first kappa shape index (κ1) is 12.4. The van der Waals surface area contributed by atoms with Gasteiger partial charge in [-0.3, -0.25) is 9.71 Å². The molecule has 8 heteroatoms. The summed E-state index contributed by atoms with van der Waals surface area (Å²) in [5.74, 6) is 0. The van der Waals surface area contributed by atoms with Gasteiger partial charge in [-0.2, -0.15) is 0 Å². The lowest BCUT2D eigenvalue weighted by Gasteiger charge is -2.07. The number of hydrogen-bond donors (Lipinski definition) is 3. The Balaban J connectivity index is 2.02. The molecule has 3 aromatic rings. The summed E-state index contributed by atoms with van der Waals surface area (Å²) in [6.45, 7) is 0. The Bertz CT molecular complexity index is 913. The molecule has 0 aliphatic carbocycles. The molecule has 102 valence electrons. The third kappa shape index (κ3) is 2.28. The molecule has 3 N–H and O–H groups in total. The van der Waals surface area contributed by atoms with Crippen LogP contribution < -0.4 is 10.4 Å². The van der Waals surface area contributed by atoms with Crippen LogP contribution in [-0.4, -0.2) is 23.4 Å². The van der Waals surface area contributed by atoms with Crippen molar-refractivity contribution in [1.29, 1.82) is 0 Å². The highest BCUT2D eigenvalue weighted by Crippen LogP contribution is 2.18. The molecule has 2 heterocycles. The molecule has 7 nitrogen and oxygen atoms in total. The van der Waals surface area contributed by atoms with E-state index in [1.807, 2.05) is 0 Å². The summed E-state index contributed by atoms with van der Waals surface area (Å²) in [6.07, 6.45) is 2.96. The van der Waals surface area contributed by atoms with Gasteiger partial charge in [0.25, 0.3) is 10.0 Å². The zero-order valence-electron chi connectivity index (χ0n) is 10.1. The summed E-state index contributed by atoms with van der Waals surface area (Å²) in [4.78, 5) is 20.1. The summed E-state index contributed by atoms with van der Waals surface area (Å²) in [7, 11) is -3.72. The molecule has 0 bridgehead atoms. The van der Waals surface area contributed by atoms with Crippen LogP contribution in [0.15, 0.2) is 52.4 Å². The predicted octanol–water partition coefficient (Wildman–Crippen LogP) is 1.05. The lowest BCUT2D eigenvalue weighted by atomic mass is 10.3. The van der Waals surface area contributed by atoms with Crippen molar-refractivity contribution >= 4 is 26.7 Å². The van der Waals surface area contributed by atoms with Gasteiger partial charge in [0.1, 0.15) is 0 Å². The van der Waals surface area contributed by atoms with Crippen LogP contribution in [-0.2, 0) is 10.0 Å². The lowest BCUT2D eigenvalue weighted by Crippen LogP contribution is -2.12. The Morgan fingerprint density at radius 3 is 2.65 bits per heavy atom.